The standard InChI is InChI=1S/C12H16N2O2/c1-9-8-10(2-3-11(9)13)12(15)14-4-6-16-7-5-14/h2-3,8H,4-7,13H2,1H3. The second kappa shape index (κ2) is 4.53. The molecule has 2 rings (SSSR count). The summed E-state index contributed by atoms with van der Waals surface area (Å²) >= 11 is 0. The van der Waals surface area contributed by atoms with E-state index in [0.29, 0.717) is 31.9 Å². The Labute approximate surface area is 95.0 Å². The number of hydrogen-bond donors (Lipinski definition) is 1. The molecule has 1 heterocycles. The molecule has 1 aliphatic rings. The molecule has 0 atom stereocenters. The SMILES string of the molecule is Cc1cc(C(=O)N2CCOCC2)ccc1N. The summed E-state index contributed by atoms with van der Waals surface area (Å²) in [6.45, 7) is 4.50. The first-order valence-corrected chi connectivity index (χ1v) is 5.41. The van der Waals surface area contributed by atoms with Crippen molar-refractivity contribution in [3.05, 3.63) is 29.3 Å². The van der Waals surface area contributed by atoms with E-state index >= 15 is 0 Å². The molecule has 0 spiro atoms. The van der Waals surface area contributed by atoms with Crippen molar-refractivity contribution in [2.75, 3.05) is 32.0 Å². The fourth-order valence-corrected chi connectivity index (χ4v) is 1.76. The summed E-state index contributed by atoms with van der Waals surface area (Å²) < 4.78 is 5.21. The molecule has 1 aromatic carbocycles. The minimum Gasteiger partial charge on any atom is -0.399 e. The number of anilines is 1. The van der Waals surface area contributed by atoms with E-state index in [9.17, 15) is 4.79 Å². The third-order valence-electron chi connectivity index (χ3n) is 2.82. The Kier molecular flexibility index (Phi) is 3.10. The van der Waals surface area contributed by atoms with Gasteiger partial charge in [0.1, 0.15) is 0 Å². The van der Waals surface area contributed by atoms with Gasteiger partial charge in [0.05, 0.1) is 13.2 Å². The van der Waals surface area contributed by atoms with Crippen LogP contribution in [0.25, 0.3) is 0 Å². The largest absolute Gasteiger partial charge is 0.399 e. The molecule has 2 N–H and O–H groups in total. The molecule has 1 saturated heterocycles. The summed E-state index contributed by atoms with van der Waals surface area (Å²) in [6, 6.07) is 5.40. The van der Waals surface area contributed by atoms with Crippen LogP contribution < -0.4 is 5.73 Å². The lowest BCUT2D eigenvalue weighted by molar-refractivity contribution is 0.0303. The predicted octanol–water partition coefficient (Wildman–Crippen LogP) is 1.05. The van der Waals surface area contributed by atoms with Crippen molar-refractivity contribution in [3.63, 3.8) is 0 Å². The van der Waals surface area contributed by atoms with Gasteiger partial charge in [0.2, 0.25) is 0 Å². The summed E-state index contributed by atoms with van der Waals surface area (Å²) in [5.74, 6) is 0.0615. The molecular weight excluding hydrogens is 204 g/mol. The number of carbonyl (C=O) groups is 1. The molecule has 0 saturated carbocycles. The van der Waals surface area contributed by atoms with Gasteiger partial charge in [-0.3, -0.25) is 4.79 Å². The Morgan fingerprint density at radius 1 is 1.38 bits per heavy atom. The number of nitrogens with two attached hydrogens (primary N) is 1. The van der Waals surface area contributed by atoms with Gasteiger partial charge in [-0.05, 0) is 30.7 Å². The van der Waals surface area contributed by atoms with E-state index in [1.165, 1.54) is 0 Å². The highest BCUT2D eigenvalue weighted by atomic mass is 16.5. The number of rotatable bonds is 1. The van der Waals surface area contributed by atoms with Crippen LogP contribution in [-0.2, 0) is 4.74 Å². The average molecular weight is 220 g/mol. The van der Waals surface area contributed by atoms with Crippen LogP contribution in [0.15, 0.2) is 18.2 Å². The number of nitrogen functional groups attached to an aromatic ring is 1. The molecule has 4 nitrogen and oxygen atoms in total. The maximum absolute atomic E-state index is 12.1. The summed E-state index contributed by atoms with van der Waals surface area (Å²) in [5.41, 5.74) is 8.09. The van der Waals surface area contributed by atoms with Crippen molar-refractivity contribution in [2.45, 2.75) is 6.92 Å². The Hall–Kier alpha value is -1.55. The average Bonchev–Trinajstić information content (AvgIpc) is 2.33. The highest BCUT2D eigenvalue weighted by Crippen LogP contribution is 2.15. The second-order valence-electron chi connectivity index (χ2n) is 3.98. The van der Waals surface area contributed by atoms with Crippen molar-refractivity contribution in [2.24, 2.45) is 0 Å². The van der Waals surface area contributed by atoms with E-state index in [0.717, 1.165) is 11.3 Å². The Balaban J connectivity index is 2.16. The van der Waals surface area contributed by atoms with Crippen LogP contribution >= 0.6 is 0 Å². The zero-order valence-electron chi connectivity index (χ0n) is 9.40. The van der Waals surface area contributed by atoms with Crippen molar-refractivity contribution in [3.8, 4) is 0 Å². The van der Waals surface area contributed by atoms with Crippen LogP contribution in [-0.4, -0.2) is 37.1 Å². The first-order chi connectivity index (χ1) is 7.68. The van der Waals surface area contributed by atoms with Crippen molar-refractivity contribution >= 4 is 11.6 Å². The minimum atomic E-state index is 0.0615. The number of amides is 1. The summed E-state index contributed by atoms with van der Waals surface area (Å²) in [6.07, 6.45) is 0. The van der Waals surface area contributed by atoms with Crippen molar-refractivity contribution in [1.29, 1.82) is 0 Å². The quantitative estimate of drug-likeness (QED) is 0.720. The number of morpholine rings is 1. The third-order valence-corrected chi connectivity index (χ3v) is 2.82. The van der Waals surface area contributed by atoms with Crippen LogP contribution in [0.1, 0.15) is 15.9 Å². The molecule has 1 fully saturated rings. The summed E-state index contributed by atoms with van der Waals surface area (Å²) in [5, 5.41) is 0. The van der Waals surface area contributed by atoms with Crippen LogP contribution in [0.2, 0.25) is 0 Å². The summed E-state index contributed by atoms with van der Waals surface area (Å²) in [4.78, 5) is 13.9. The van der Waals surface area contributed by atoms with Gasteiger partial charge in [-0.1, -0.05) is 0 Å². The van der Waals surface area contributed by atoms with Gasteiger partial charge in [0, 0.05) is 24.3 Å². The van der Waals surface area contributed by atoms with Gasteiger partial charge in [0.15, 0.2) is 0 Å². The topological polar surface area (TPSA) is 55.6 Å². The molecule has 1 aromatic rings. The molecule has 1 amide bonds. The lowest BCUT2D eigenvalue weighted by Crippen LogP contribution is -2.40. The fourth-order valence-electron chi connectivity index (χ4n) is 1.76. The van der Waals surface area contributed by atoms with Crippen molar-refractivity contribution < 1.29 is 9.53 Å². The lowest BCUT2D eigenvalue weighted by Gasteiger charge is -2.27. The van der Waals surface area contributed by atoms with Gasteiger partial charge < -0.3 is 15.4 Å². The lowest BCUT2D eigenvalue weighted by atomic mass is 10.1. The normalized spacial score (nSPS) is 16.2. The molecule has 86 valence electrons. The van der Waals surface area contributed by atoms with Crippen LogP contribution in [0.4, 0.5) is 5.69 Å². The number of aryl methyl sites for hydroxylation is 1. The number of carbonyl (C=O) groups excluding carboxylic acids is 1. The maximum atomic E-state index is 12.1. The molecule has 0 aliphatic carbocycles. The second-order valence-corrected chi connectivity index (χ2v) is 3.98. The van der Waals surface area contributed by atoms with Gasteiger partial charge in [-0.15, -0.1) is 0 Å². The Bertz CT molecular complexity index is 398. The first kappa shape index (κ1) is 11.0. The predicted molar refractivity (Wildman–Crippen MR) is 62.3 cm³/mol. The van der Waals surface area contributed by atoms with E-state index in [-0.39, 0.29) is 5.91 Å². The van der Waals surface area contributed by atoms with E-state index in [1.807, 2.05) is 17.9 Å². The number of ether oxygens (including phenoxy) is 1. The molecule has 0 aromatic heterocycles. The molecule has 0 radical (unpaired) electrons. The van der Waals surface area contributed by atoms with E-state index in [1.54, 1.807) is 12.1 Å². The highest BCUT2D eigenvalue weighted by Gasteiger charge is 2.18. The maximum Gasteiger partial charge on any atom is 0.254 e. The van der Waals surface area contributed by atoms with Gasteiger partial charge >= 0.3 is 0 Å². The molecule has 0 bridgehead atoms. The van der Waals surface area contributed by atoms with E-state index in [4.69, 9.17) is 10.5 Å². The minimum absolute atomic E-state index is 0.0615. The van der Waals surface area contributed by atoms with Crippen LogP contribution in [0, 0.1) is 6.92 Å². The van der Waals surface area contributed by atoms with Gasteiger partial charge in [-0.2, -0.15) is 0 Å². The zero-order valence-corrected chi connectivity index (χ0v) is 9.40. The Morgan fingerprint density at radius 2 is 2.06 bits per heavy atom. The van der Waals surface area contributed by atoms with Gasteiger partial charge in [-0.25, -0.2) is 0 Å². The molecular formula is C12H16N2O2. The highest BCUT2D eigenvalue weighted by molar-refractivity contribution is 5.94. The molecule has 16 heavy (non-hydrogen) atoms. The van der Waals surface area contributed by atoms with Gasteiger partial charge in [0.25, 0.3) is 5.91 Å². The first-order valence-electron chi connectivity index (χ1n) is 5.41. The molecule has 0 unspecified atom stereocenters. The third kappa shape index (κ3) is 2.17. The number of benzene rings is 1. The molecule has 1 aliphatic heterocycles. The number of hydrogen-bond acceptors (Lipinski definition) is 3. The van der Waals surface area contributed by atoms with Crippen LogP contribution in [0.3, 0.4) is 0 Å². The van der Waals surface area contributed by atoms with E-state index in [2.05, 4.69) is 0 Å². The van der Waals surface area contributed by atoms with Crippen molar-refractivity contribution in [1.82, 2.24) is 4.90 Å². The van der Waals surface area contributed by atoms with Crippen LogP contribution in [0.5, 0.6) is 0 Å². The zero-order chi connectivity index (χ0) is 11.5. The fraction of sp³-hybridized carbons (Fsp3) is 0.417. The molecule has 4 heteroatoms. The Morgan fingerprint density at radius 3 is 2.69 bits per heavy atom. The number of nitrogens with zero attached hydrogens (tertiary/aromatic N) is 1. The smallest absolute Gasteiger partial charge is 0.254 e. The summed E-state index contributed by atoms with van der Waals surface area (Å²) in [7, 11) is 0. The van der Waals surface area contributed by atoms with E-state index < -0.39 is 0 Å². The monoisotopic (exact) mass is 220 g/mol.